The van der Waals surface area contributed by atoms with Crippen LogP contribution < -0.4 is 4.74 Å². The summed E-state index contributed by atoms with van der Waals surface area (Å²) in [6.07, 6.45) is 1.62. The fraction of sp³-hybridized carbons (Fsp3) is 0.211. The van der Waals surface area contributed by atoms with Gasteiger partial charge in [-0.05, 0) is 41.1 Å². The van der Waals surface area contributed by atoms with E-state index >= 15 is 0 Å². The summed E-state index contributed by atoms with van der Waals surface area (Å²) in [5, 5.41) is 0.784. The lowest BCUT2D eigenvalue weighted by molar-refractivity contribution is -0.142. The van der Waals surface area contributed by atoms with E-state index in [-0.39, 0.29) is 23.5 Å². The molecule has 25 heavy (non-hydrogen) atoms. The molecule has 0 aliphatic rings. The Kier molecular flexibility index (Phi) is 5.38. The van der Waals surface area contributed by atoms with E-state index in [1.807, 2.05) is 6.07 Å². The molecule has 0 amide bonds. The summed E-state index contributed by atoms with van der Waals surface area (Å²) < 4.78 is 30.7. The highest BCUT2D eigenvalue weighted by Crippen LogP contribution is 2.31. The third kappa shape index (κ3) is 3.85. The maximum atomic E-state index is 14.5. The van der Waals surface area contributed by atoms with Gasteiger partial charge in [0, 0.05) is 16.5 Å². The minimum atomic E-state index is -0.426. The van der Waals surface area contributed by atoms with Crippen LogP contribution in [0, 0.1) is 5.82 Å². The Balaban J connectivity index is 1.80. The topological polar surface area (TPSA) is 48.7 Å². The van der Waals surface area contributed by atoms with Gasteiger partial charge in [-0.15, -0.1) is 0 Å². The molecule has 0 atom stereocenters. The SMILES string of the molecule is CCOC(=O)Cc1ccccc1OCc1cc2ccoc2c(Br)c1F. The molecule has 2 aromatic carbocycles. The number of carbonyl (C=O) groups excluding carboxylic acids is 1. The summed E-state index contributed by atoms with van der Waals surface area (Å²) in [6.45, 7) is 2.12. The molecule has 0 aliphatic heterocycles. The molecule has 0 fully saturated rings. The number of halogens is 2. The summed E-state index contributed by atoms with van der Waals surface area (Å²) in [4.78, 5) is 11.7. The van der Waals surface area contributed by atoms with Crippen molar-refractivity contribution in [2.24, 2.45) is 0 Å². The molecule has 0 saturated heterocycles. The molecule has 0 aliphatic carbocycles. The Morgan fingerprint density at radius 3 is 2.84 bits per heavy atom. The van der Waals surface area contributed by atoms with Gasteiger partial charge in [0.25, 0.3) is 0 Å². The van der Waals surface area contributed by atoms with E-state index in [0.717, 1.165) is 5.39 Å². The third-order valence-corrected chi connectivity index (χ3v) is 4.40. The lowest BCUT2D eigenvalue weighted by Gasteiger charge is -2.12. The number of fused-ring (bicyclic) bond motifs is 1. The summed E-state index contributed by atoms with van der Waals surface area (Å²) in [6, 6.07) is 10.6. The van der Waals surface area contributed by atoms with E-state index in [4.69, 9.17) is 13.9 Å². The minimum Gasteiger partial charge on any atom is -0.488 e. The second-order valence-corrected chi connectivity index (χ2v) is 6.17. The van der Waals surface area contributed by atoms with Crippen LogP contribution >= 0.6 is 15.9 Å². The molecule has 3 aromatic rings. The van der Waals surface area contributed by atoms with E-state index in [0.29, 0.717) is 29.1 Å². The van der Waals surface area contributed by atoms with Crippen LogP contribution in [-0.4, -0.2) is 12.6 Å². The van der Waals surface area contributed by atoms with Crippen molar-refractivity contribution in [3.05, 3.63) is 64.1 Å². The van der Waals surface area contributed by atoms with Crippen LogP contribution in [0.4, 0.5) is 4.39 Å². The van der Waals surface area contributed by atoms with Gasteiger partial charge in [-0.25, -0.2) is 4.39 Å². The number of para-hydroxylation sites is 1. The number of carbonyl (C=O) groups is 1. The number of esters is 1. The van der Waals surface area contributed by atoms with Gasteiger partial charge in [0.2, 0.25) is 0 Å². The van der Waals surface area contributed by atoms with Crippen LogP contribution in [-0.2, 0) is 22.6 Å². The second-order valence-electron chi connectivity index (χ2n) is 5.38. The molecule has 0 N–H and O–H groups in total. The number of hydrogen-bond acceptors (Lipinski definition) is 4. The minimum absolute atomic E-state index is 0.0331. The molecule has 4 nitrogen and oxygen atoms in total. The van der Waals surface area contributed by atoms with Crippen molar-refractivity contribution in [1.82, 2.24) is 0 Å². The van der Waals surface area contributed by atoms with Crippen molar-refractivity contribution in [3.63, 3.8) is 0 Å². The molecule has 3 rings (SSSR count). The zero-order valence-electron chi connectivity index (χ0n) is 13.6. The zero-order chi connectivity index (χ0) is 17.8. The molecule has 0 unspecified atom stereocenters. The molecular formula is C19H16BrFO4. The fourth-order valence-corrected chi connectivity index (χ4v) is 3.10. The van der Waals surface area contributed by atoms with Crippen molar-refractivity contribution < 1.29 is 23.1 Å². The molecule has 1 aromatic heterocycles. The number of rotatable bonds is 6. The van der Waals surface area contributed by atoms with Gasteiger partial charge >= 0.3 is 5.97 Å². The maximum absolute atomic E-state index is 14.5. The van der Waals surface area contributed by atoms with Crippen molar-refractivity contribution in [1.29, 1.82) is 0 Å². The van der Waals surface area contributed by atoms with Gasteiger partial charge in [-0.1, -0.05) is 18.2 Å². The highest BCUT2D eigenvalue weighted by molar-refractivity contribution is 9.10. The fourth-order valence-electron chi connectivity index (χ4n) is 2.52. The Labute approximate surface area is 152 Å². The number of hydrogen-bond donors (Lipinski definition) is 0. The summed E-state index contributed by atoms with van der Waals surface area (Å²) in [5.74, 6) is -0.226. The Hall–Kier alpha value is -2.34. The average molecular weight is 407 g/mol. The molecule has 0 spiro atoms. The molecular weight excluding hydrogens is 391 g/mol. The predicted molar refractivity (Wildman–Crippen MR) is 95.0 cm³/mol. The molecule has 1 heterocycles. The summed E-state index contributed by atoms with van der Waals surface area (Å²) in [5.41, 5.74) is 1.56. The van der Waals surface area contributed by atoms with E-state index in [9.17, 15) is 9.18 Å². The normalized spacial score (nSPS) is 10.8. The number of ether oxygens (including phenoxy) is 2. The Morgan fingerprint density at radius 1 is 1.24 bits per heavy atom. The average Bonchev–Trinajstić information content (AvgIpc) is 3.07. The first-order valence-electron chi connectivity index (χ1n) is 7.80. The van der Waals surface area contributed by atoms with Crippen molar-refractivity contribution in [2.75, 3.05) is 6.61 Å². The van der Waals surface area contributed by atoms with Gasteiger partial charge in [0.05, 0.1) is 23.8 Å². The van der Waals surface area contributed by atoms with Crippen LogP contribution in [0.5, 0.6) is 5.75 Å². The van der Waals surface area contributed by atoms with Gasteiger partial charge in [-0.2, -0.15) is 0 Å². The van der Waals surface area contributed by atoms with E-state index in [1.54, 1.807) is 37.3 Å². The molecule has 0 saturated carbocycles. The van der Waals surface area contributed by atoms with E-state index < -0.39 is 5.82 Å². The van der Waals surface area contributed by atoms with Gasteiger partial charge in [0.1, 0.15) is 18.2 Å². The highest BCUT2D eigenvalue weighted by atomic mass is 79.9. The van der Waals surface area contributed by atoms with Gasteiger partial charge in [-0.3, -0.25) is 4.79 Å². The van der Waals surface area contributed by atoms with Crippen molar-refractivity contribution in [3.8, 4) is 5.75 Å². The van der Waals surface area contributed by atoms with Crippen molar-refractivity contribution in [2.45, 2.75) is 20.0 Å². The van der Waals surface area contributed by atoms with Gasteiger partial charge in [0.15, 0.2) is 5.58 Å². The Morgan fingerprint density at radius 2 is 2.04 bits per heavy atom. The molecule has 130 valence electrons. The first-order chi connectivity index (χ1) is 12.1. The monoisotopic (exact) mass is 406 g/mol. The largest absolute Gasteiger partial charge is 0.488 e. The lowest BCUT2D eigenvalue weighted by Crippen LogP contribution is -2.09. The van der Waals surface area contributed by atoms with Crippen LogP contribution in [0.3, 0.4) is 0 Å². The summed E-state index contributed by atoms with van der Waals surface area (Å²) >= 11 is 3.22. The maximum Gasteiger partial charge on any atom is 0.310 e. The number of benzene rings is 2. The molecule has 0 bridgehead atoms. The van der Waals surface area contributed by atoms with E-state index in [1.165, 1.54) is 6.26 Å². The highest BCUT2D eigenvalue weighted by Gasteiger charge is 2.15. The van der Waals surface area contributed by atoms with Crippen LogP contribution in [0.25, 0.3) is 11.0 Å². The summed E-state index contributed by atoms with van der Waals surface area (Å²) in [7, 11) is 0. The quantitative estimate of drug-likeness (QED) is 0.539. The smallest absolute Gasteiger partial charge is 0.310 e. The lowest BCUT2D eigenvalue weighted by atomic mass is 10.1. The predicted octanol–water partition coefficient (Wildman–Crippen LogP) is 5.02. The zero-order valence-corrected chi connectivity index (χ0v) is 15.1. The molecule has 6 heteroatoms. The molecule has 0 radical (unpaired) electrons. The first-order valence-corrected chi connectivity index (χ1v) is 8.59. The third-order valence-electron chi connectivity index (χ3n) is 3.70. The second kappa shape index (κ2) is 7.70. The van der Waals surface area contributed by atoms with Gasteiger partial charge < -0.3 is 13.9 Å². The van der Waals surface area contributed by atoms with Crippen molar-refractivity contribution >= 4 is 32.9 Å². The van der Waals surface area contributed by atoms with Crippen LogP contribution in [0.15, 0.2) is 51.6 Å². The first kappa shape index (κ1) is 17.5. The van der Waals surface area contributed by atoms with Crippen LogP contribution in [0.1, 0.15) is 18.1 Å². The van der Waals surface area contributed by atoms with Crippen LogP contribution in [0.2, 0.25) is 0 Å². The Bertz CT molecular complexity index is 904. The number of furan rings is 1. The van der Waals surface area contributed by atoms with E-state index in [2.05, 4.69) is 15.9 Å². The standard InChI is InChI=1S/C19H16BrFO4/c1-2-23-16(22)10-12-5-3-4-6-15(12)25-11-14-9-13-7-8-24-19(13)17(20)18(14)21/h3-9H,2,10-11H2,1H3.